The molecule has 3 atom stereocenters. The highest BCUT2D eigenvalue weighted by Gasteiger charge is 2.67. The minimum atomic E-state index is -0.731. The van der Waals surface area contributed by atoms with Crippen LogP contribution in [0.5, 0.6) is 0 Å². The van der Waals surface area contributed by atoms with Crippen LogP contribution in [0.2, 0.25) is 0 Å². The van der Waals surface area contributed by atoms with Crippen molar-refractivity contribution in [3.05, 3.63) is 0 Å². The monoisotopic (exact) mass is 336 g/mol. The van der Waals surface area contributed by atoms with Crippen molar-refractivity contribution in [1.82, 2.24) is 0 Å². The lowest BCUT2D eigenvalue weighted by atomic mass is 9.53. The smallest absolute Gasteiger partial charge is 0.210 e. The largest absolute Gasteiger partial charge is 0.393 e. The van der Waals surface area contributed by atoms with Gasteiger partial charge in [0, 0.05) is 24.7 Å². The molecular weight excluding hydrogens is 304 g/mol. The summed E-state index contributed by atoms with van der Waals surface area (Å²) < 4.78 is 6.75. The van der Waals surface area contributed by atoms with E-state index in [0.717, 1.165) is 24.7 Å². The molecule has 0 aromatic carbocycles. The van der Waals surface area contributed by atoms with Crippen LogP contribution in [0.1, 0.15) is 72.1 Å². The van der Waals surface area contributed by atoms with Gasteiger partial charge in [0.05, 0.1) is 6.10 Å². The molecule has 5 aliphatic carbocycles. The van der Waals surface area contributed by atoms with Crippen LogP contribution in [0.3, 0.4) is 0 Å². The summed E-state index contributed by atoms with van der Waals surface area (Å²) >= 11 is 0. The van der Waals surface area contributed by atoms with Crippen LogP contribution in [0.15, 0.2) is 0 Å². The SMILES string of the molecule is CC(C)(C)[C@H]1C[C@H](O)CC2(C1)OOC1(O2)C2CC3CC(C2)CC1C3. The maximum atomic E-state index is 10.5. The predicted octanol–water partition coefficient (Wildman–Crippen LogP) is 4.02. The molecule has 1 aliphatic heterocycles. The highest BCUT2D eigenvalue weighted by atomic mass is 17.3. The highest BCUT2D eigenvalue weighted by Crippen LogP contribution is 2.64. The fourth-order valence-electron chi connectivity index (χ4n) is 6.73. The second-order valence-corrected chi connectivity index (χ2v) is 10.6. The van der Waals surface area contributed by atoms with Gasteiger partial charge in [0.15, 0.2) is 0 Å². The first-order valence-electron chi connectivity index (χ1n) is 10.0. The van der Waals surface area contributed by atoms with Gasteiger partial charge in [-0.25, -0.2) is 0 Å². The second-order valence-electron chi connectivity index (χ2n) is 10.6. The fraction of sp³-hybridized carbons (Fsp3) is 1.00. The van der Waals surface area contributed by atoms with Gasteiger partial charge in [0.1, 0.15) is 0 Å². The normalized spacial score (nSPS) is 56.5. The van der Waals surface area contributed by atoms with Crippen molar-refractivity contribution in [2.75, 3.05) is 0 Å². The van der Waals surface area contributed by atoms with Crippen LogP contribution in [-0.2, 0) is 14.5 Å². The van der Waals surface area contributed by atoms with Crippen LogP contribution in [0.25, 0.3) is 0 Å². The molecule has 0 amide bonds. The van der Waals surface area contributed by atoms with E-state index >= 15 is 0 Å². The average molecular weight is 336 g/mol. The molecule has 0 aromatic rings. The third-order valence-electron chi connectivity index (χ3n) is 7.83. The van der Waals surface area contributed by atoms with Crippen molar-refractivity contribution in [3.63, 3.8) is 0 Å². The van der Waals surface area contributed by atoms with Gasteiger partial charge in [0.25, 0.3) is 0 Å². The maximum absolute atomic E-state index is 10.5. The first kappa shape index (κ1) is 16.0. The van der Waals surface area contributed by atoms with E-state index in [9.17, 15) is 5.11 Å². The molecule has 4 heteroatoms. The number of rotatable bonds is 0. The third kappa shape index (κ3) is 2.26. The standard InChI is InChI=1S/C20H32O4/c1-18(2,3)16-9-17(21)11-19(10-16)22-20(24-23-19)14-5-12-4-13(7-14)8-15(20)6-12/h12-17,21H,4-11H2,1-3H3/t12?,13?,14?,15?,16-,17-,19?,20?/m0/s1. The highest BCUT2D eigenvalue weighted by molar-refractivity contribution is 5.06. The lowest BCUT2D eigenvalue weighted by molar-refractivity contribution is -0.392. The molecule has 1 unspecified atom stereocenters. The molecule has 24 heavy (non-hydrogen) atoms. The summed E-state index contributed by atoms with van der Waals surface area (Å²) in [4.78, 5) is 12.1. The van der Waals surface area contributed by atoms with Crippen molar-refractivity contribution in [1.29, 1.82) is 0 Å². The van der Waals surface area contributed by atoms with E-state index in [1.54, 1.807) is 0 Å². The van der Waals surface area contributed by atoms with E-state index in [1.807, 2.05) is 0 Å². The fourth-order valence-corrected chi connectivity index (χ4v) is 6.73. The molecule has 1 N–H and O–H groups in total. The summed E-state index contributed by atoms with van der Waals surface area (Å²) in [7, 11) is 0. The Morgan fingerprint density at radius 3 is 2.04 bits per heavy atom. The zero-order valence-corrected chi connectivity index (χ0v) is 15.3. The molecule has 0 radical (unpaired) electrons. The molecule has 6 aliphatic rings. The Labute approximate surface area is 145 Å². The van der Waals surface area contributed by atoms with Gasteiger partial charge in [-0.1, -0.05) is 20.8 Å². The van der Waals surface area contributed by atoms with Gasteiger partial charge in [-0.05, 0) is 61.7 Å². The topological polar surface area (TPSA) is 47.9 Å². The van der Waals surface area contributed by atoms with E-state index in [1.165, 1.54) is 32.1 Å². The Bertz CT molecular complexity index is 496. The number of aliphatic hydroxyl groups excluding tert-OH is 1. The van der Waals surface area contributed by atoms with E-state index in [4.69, 9.17) is 14.5 Å². The Morgan fingerprint density at radius 1 is 0.833 bits per heavy atom. The third-order valence-corrected chi connectivity index (χ3v) is 7.83. The molecule has 1 heterocycles. The summed E-state index contributed by atoms with van der Waals surface area (Å²) in [6, 6.07) is 0. The molecule has 1 saturated heterocycles. The van der Waals surface area contributed by atoms with E-state index in [0.29, 0.717) is 24.2 Å². The van der Waals surface area contributed by atoms with Crippen LogP contribution >= 0.6 is 0 Å². The molecule has 0 aromatic heterocycles. The number of aliphatic hydroxyl groups is 1. The molecule has 6 rings (SSSR count). The molecule has 136 valence electrons. The van der Waals surface area contributed by atoms with Crippen LogP contribution < -0.4 is 0 Å². The Morgan fingerprint density at radius 2 is 1.46 bits per heavy atom. The Kier molecular flexibility index (Phi) is 3.32. The molecular formula is C20H32O4. The van der Waals surface area contributed by atoms with Gasteiger partial charge in [-0.3, -0.25) is 0 Å². The number of hydrogen-bond acceptors (Lipinski definition) is 4. The van der Waals surface area contributed by atoms with Crippen molar-refractivity contribution >= 4 is 0 Å². The van der Waals surface area contributed by atoms with Gasteiger partial charge >= 0.3 is 0 Å². The predicted molar refractivity (Wildman–Crippen MR) is 88.6 cm³/mol. The van der Waals surface area contributed by atoms with Crippen molar-refractivity contribution < 1.29 is 19.6 Å². The van der Waals surface area contributed by atoms with Crippen molar-refractivity contribution in [2.45, 2.75) is 89.8 Å². The Balaban J connectivity index is 1.42. The van der Waals surface area contributed by atoms with Crippen molar-refractivity contribution in [2.24, 2.45) is 35.0 Å². The average Bonchev–Trinajstić information content (AvgIpc) is 2.82. The Hall–Kier alpha value is -0.160. The quantitative estimate of drug-likeness (QED) is 0.679. The zero-order chi connectivity index (χ0) is 16.7. The van der Waals surface area contributed by atoms with Crippen LogP contribution in [0.4, 0.5) is 0 Å². The number of ether oxygens (including phenoxy) is 1. The second kappa shape index (κ2) is 4.97. The summed E-state index contributed by atoms with van der Waals surface area (Å²) in [5.74, 6) is 1.86. The summed E-state index contributed by atoms with van der Waals surface area (Å²) in [5.41, 5.74) is 0.140. The van der Waals surface area contributed by atoms with Gasteiger partial charge in [-0.15, -0.1) is 0 Å². The van der Waals surface area contributed by atoms with Gasteiger partial charge < -0.3 is 9.84 Å². The minimum Gasteiger partial charge on any atom is -0.393 e. The molecule has 6 fully saturated rings. The van der Waals surface area contributed by atoms with E-state index in [-0.39, 0.29) is 11.5 Å². The molecule has 4 bridgehead atoms. The first-order chi connectivity index (χ1) is 11.3. The molecule has 2 spiro atoms. The number of hydrogen-bond donors (Lipinski definition) is 1. The van der Waals surface area contributed by atoms with Crippen LogP contribution in [-0.4, -0.2) is 22.8 Å². The molecule has 5 saturated carbocycles. The minimum absolute atomic E-state index is 0.140. The van der Waals surface area contributed by atoms with E-state index in [2.05, 4.69) is 20.8 Å². The summed E-state index contributed by atoms with van der Waals surface area (Å²) in [6.07, 6.45) is 8.21. The molecule has 4 nitrogen and oxygen atoms in total. The van der Waals surface area contributed by atoms with Gasteiger partial charge in [-0.2, -0.15) is 9.78 Å². The van der Waals surface area contributed by atoms with Crippen LogP contribution in [0, 0.1) is 35.0 Å². The lowest BCUT2D eigenvalue weighted by Crippen LogP contribution is -2.59. The summed E-state index contributed by atoms with van der Waals surface area (Å²) in [6.45, 7) is 6.74. The summed E-state index contributed by atoms with van der Waals surface area (Å²) in [5, 5.41) is 10.5. The zero-order valence-electron chi connectivity index (χ0n) is 15.3. The first-order valence-corrected chi connectivity index (χ1v) is 10.0. The van der Waals surface area contributed by atoms with Crippen molar-refractivity contribution in [3.8, 4) is 0 Å². The maximum Gasteiger partial charge on any atom is 0.210 e. The lowest BCUT2D eigenvalue weighted by Gasteiger charge is -2.57. The van der Waals surface area contributed by atoms with Gasteiger partial charge in [0.2, 0.25) is 11.6 Å². The van der Waals surface area contributed by atoms with E-state index < -0.39 is 11.6 Å².